The second-order valence-corrected chi connectivity index (χ2v) is 7.47. The number of halogens is 2. The van der Waals surface area contributed by atoms with Gasteiger partial charge in [-0.05, 0) is 61.3 Å². The molecule has 0 unspecified atom stereocenters. The number of carboxylic acids is 1. The number of carbonyl (C=O) groups excluding carboxylic acids is 2. The lowest BCUT2D eigenvalue weighted by molar-refractivity contribution is -0.139. The molecule has 9 nitrogen and oxygen atoms in total. The van der Waals surface area contributed by atoms with Crippen molar-refractivity contribution in [2.24, 2.45) is 10.2 Å². The van der Waals surface area contributed by atoms with Gasteiger partial charge in [-0.15, -0.1) is 5.10 Å². The molecule has 1 aliphatic heterocycles. The van der Waals surface area contributed by atoms with Crippen LogP contribution >= 0.6 is 43.6 Å². The zero-order valence-electron chi connectivity index (χ0n) is 13.6. The molecular weight excluding hydrogens is 510 g/mol. The van der Waals surface area contributed by atoms with Gasteiger partial charge in [0.25, 0.3) is 5.91 Å². The number of amidine groups is 1. The fourth-order valence-corrected chi connectivity index (χ4v) is 3.90. The lowest BCUT2D eigenvalue weighted by Crippen LogP contribution is -2.19. The lowest BCUT2D eigenvalue weighted by Gasteiger charge is -2.09. The highest BCUT2D eigenvalue weighted by atomic mass is 79.9. The molecule has 0 bridgehead atoms. The van der Waals surface area contributed by atoms with E-state index in [-0.39, 0.29) is 10.1 Å². The van der Waals surface area contributed by atoms with Crippen LogP contribution in [-0.4, -0.2) is 48.1 Å². The number of esters is 1. The van der Waals surface area contributed by atoms with Gasteiger partial charge >= 0.3 is 11.9 Å². The predicted octanol–water partition coefficient (Wildman–Crippen LogP) is 2.28. The Hall–Kier alpha value is -2.18. The number of amides is 1. The second kappa shape index (κ2) is 9.67. The van der Waals surface area contributed by atoms with Gasteiger partial charge in [0.15, 0.2) is 11.8 Å². The number of thioether (sulfide) groups is 1. The summed E-state index contributed by atoms with van der Waals surface area (Å²) >= 11 is 7.55. The molecule has 0 aromatic heterocycles. The quantitative estimate of drug-likeness (QED) is 0.255. The number of aliphatic carboxylic acids is 1. The average molecular weight is 521 g/mol. The van der Waals surface area contributed by atoms with Crippen molar-refractivity contribution in [3.63, 3.8) is 0 Å². The zero-order valence-corrected chi connectivity index (χ0v) is 17.6. The van der Waals surface area contributed by atoms with E-state index in [1.165, 1.54) is 13.3 Å². The summed E-state index contributed by atoms with van der Waals surface area (Å²) in [6.07, 6.45) is 2.49. The van der Waals surface area contributed by atoms with Crippen molar-refractivity contribution in [1.82, 2.24) is 5.32 Å². The molecule has 0 radical (unpaired) electrons. The van der Waals surface area contributed by atoms with Gasteiger partial charge in [0, 0.05) is 6.08 Å². The Morgan fingerprint density at radius 3 is 2.59 bits per heavy atom. The highest BCUT2D eigenvalue weighted by Gasteiger charge is 2.25. The van der Waals surface area contributed by atoms with Gasteiger partial charge in [-0.3, -0.25) is 10.1 Å². The Morgan fingerprint density at radius 1 is 1.33 bits per heavy atom. The number of benzene rings is 1. The summed E-state index contributed by atoms with van der Waals surface area (Å²) in [5.41, 5.74) is 0.639. The molecule has 1 aliphatic rings. The minimum Gasteiger partial charge on any atom is -0.480 e. The number of ether oxygens (including phenoxy) is 2. The fraction of sp³-hybridized carbons (Fsp3) is 0.133. The third-order valence-electron chi connectivity index (χ3n) is 2.82. The first-order valence-corrected chi connectivity index (χ1v) is 9.44. The van der Waals surface area contributed by atoms with E-state index >= 15 is 0 Å². The molecule has 0 saturated carbocycles. The van der Waals surface area contributed by atoms with Crippen LogP contribution in [0.4, 0.5) is 0 Å². The van der Waals surface area contributed by atoms with E-state index in [2.05, 4.69) is 52.1 Å². The van der Waals surface area contributed by atoms with Crippen LogP contribution in [0, 0.1) is 0 Å². The Bertz CT molecular complexity index is 861. The Kier molecular flexibility index (Phi) is 7.56. The van der Waals surface area contributed by atoms with Crippen LogP contribution in [0.3, 0.4) is 0 Å². The largest absolute Gasteiger partial charge is 0.480 e. The van der Waals surface area contributed by atoms with Crippen molar-refractivity contribution in [2.45, 2.75) is 0 Å². The molecule has 12 heteroatoms. The summed E-state index contributed by atoms with van der Waals surface area (Å²) in [5, 5.41) is 19.1. The summed E-state index contributed by atoms with van der Waals surface area (Å²) in [4.78, 5) is 33.6. The minimum atomic E-state index is -1.09. The van der Waals surface area contributed by atoms with Gasteiger partial charge in [0.2, 0.25) is 0 Å². The van der Waals surface area contributed by atoms with E-state index < -0.39 is 24.5 Å². The number of carboxylic acid groups (broad SMARTS) is 1. The standard InChI is InChI=1S/C15H11Br2N3O6S/c1-25-12(23)4-10-14(24)19-15(27-10)20-18-5-7-2-8(16)13(9(17)3-7)26-6-11(21)22/h2-5H,6H2,1H3,(H,21,22)(H,19,20,24)/b10-4+,18-5?. The van der Waals surface area contributed by atoms with Crippen LogP contribution in [0.2, 0.25) is 0 Å². The third kappa shape index (κ3) is 6.19. The molecule has 1 amide bonds. The Morgan fingerprint density at radius 2 is 2.00 bits per heavy atom. The Balaban J connectivity index is 2.09. The molecule has 142 valence electrons. The number of carbonyl (C=O) groups is 3. The molecule has 27 heavy (non-hydrogen) atoms. The van der Waals surface area contributed by atoms with E-state index in [4.69, 9.17) is 9.84 Å². The van der Waals surface area contributed by atoms with Gasteiger partial charge < -0.3 is 14.6 Å². The van der Waals surface area contributed by atoms with Crippen molar-refractivity contribution in [3.05, 3.63) is 37.6 Å². The first-order chi connectivity index (χ1) is 12.8. The highest BCUT2D eigenvalue weighted by molar-refractivity contribution is 9.11. The minimum absolute atomic E-state index is 0.154. The van der Waals surface area contributed by atoms with Crippen molar-refractivity contribution < 1.29 is 29.0 Å². The first kappa shape index (κ1) is 21.1. The molecule has 2 rings (SSSR count). The first-order valence-electron chi connectivity index (χ1n) is 7.03. The molecule has 1 fully saturated rings. The Labute approximate surface area is 174 Å². The van der Waals surface area contributed by atoms with Crippen LogP contribution in [-0.2, 0) is 19.1 Å². The summed E-state index contributed by atoms with van der Waals surface area (Å²) in [6, 6.07) is 3.32. The zero-order chi connectivity index (χ0) is 20.0. The smallest absolute Gasteiger partial charge is 0.341 e. The fourth-order valence-electron chi connectivity index (χ4n) is 1.71. The van der Waals surface area contributed by atoms with Gasteiger partial charge in [0.05, 0.1) is 27.2 Å². The van der Waals surface area contributed by atoms with Crippen LogP contribution in [0.15, 0.2) is 42.3 Å². The summed E-state index contributed by atoms with van der Waals surface area (Å²) in [6.45, 7) is -0.476. The van der Waals surface area contributed by atoms with Gasteiger partial charge in [-0.25, -0.2) is 9.59 Å². The van der Waals surface area contributed by atoms with Crippen molar-refractivity contribution in [1.29, 1.82) is 0 Å². The average Bonchev–Trinajstić information content (AvgIpc) is 2.93. The number of methoxy groups -OCH3 is 1. The lowest BCUT2D eigenvalue weighted by atomic mass is 10.2. The number of nitrogens with zero attached hydrogens (tertiary/aromatic N) is 2. The van der Waals surface area contributed by atoms with Crippen LogP contribution < -0.4 is 10.1 Å². The van der Waals surface area contributed by atoms with Gasteiger partial charge in [-0.2, -0.15) is 5.10 Å². The normalized spacial score (nSPS) is 16.8. The second-order valence-electron chi connectivity index (χ2n) is 4.73. The number of hydrogen-bond acceptors (Lipinski definition) is 8. The summed E-state index contributed by atoms with van der Waals surface area (Å²) < 4.78 is 10.7. The van der Waals surface area contributed by atoms with E-state index in [0.29, 0.717) is 20.3 Å². The van der Waals surface area contributed by atoms with Crippen LogP contribution in [0.25, 0.3) is 0 Å². The number of rotatable bonds is 6. The highest BCUT2D eigenvalue weighted by Crippen LogP contribution is 2.34. The molecule has 2 N–H and O–H groups in total. The molecule has 1 aromatic rings. The monoisotopic (exact) mass is 519 g/mol. The molecule has 0 aliphatic carbocycles. The maximum Gasteiger partial charge on any atom is 0.341 e. The number of hydrogen-bond donors (Lipinski definition) is 2. The van der Waals surface area contributed by atoms with Crippen molar-refractivity contribution in [3.8, 4) is 5.75 Å². The topological polar surface area (TPSA) is 127 Å². The molecule has 1 aromatic carbocycles. The predicted molar refractivity (Wildman–Crippen MR) is 106 cm³/mol. The van der Waals surface area contributed by atoms with Gasteiger partial charge in [-0.1, -0.05) is 0 Å². The SMILES string of the molecule is COC(=O)/C=C1/S/C(=N\N=Cc2cc(Br)c(OCC(=O)O)c(Br)c2)NC1=O. The van der Waals surface area contributed by atoms with E-state index in [1.807, 2.05) is 0 Å². The van der Waals surface area contributed by atoms with Crippen molar-refractivity contribution in [2.75, 3.05) is 13.7 Å². The van der Waals surface area contributed by atoms with E-state index in [0.717, 1.165) is 17.8 Å². The van der Waals surface area contributed by atoms with Gasteiger partial charge in [0.1, 0.15) is 5.75 Å². The maximum atomic E-state index is 11.7. The van der Waals surface area contributed by atoms with Crippen LogP contribution in [0.5, 0.6) is 5.75 Å². The van der Waals surface area contributed by atoms with Crippen molar-refractivity contribution >= 4 is 72.8 Å². The third-order valence-corrected chi connectivity index (χ3v) is 4.90. The molecule has 1 heterocycles. The maximum absolute atomic E-state index is 11.7. The molecule has 1 saturated heterocycles. The summed E-state index contributed by atoms with van der Waals surface area (Å²) in [5.74, 6) is -1.86. The molecule has 0 atom stereocenters. The number of nitrogens with one attached hydrogen (secondary N) is 1. The van der Waals surface area contributed by atoms with E-state index in [1.54, 1.807) is 12.1 Å². The molecule has 0 spiro atoms. The van der Waals surface area contributed by atoms with E-state index in [9.17, 15) is 14.4 Å². The molecular formula is C15H11Br2N3O6S. The summed E-state index contributed by atoms with van der Waals surface area (Å²) in [7, 11) is 1.21. The van der Waals surface area contributed by atoms with Crippen LogP contribution in [0.1, 0.15) is 5.56 Å².